The maximum atomic E-state index is 5.54. The van der Waals surface area contributed by atoms with E-state index in [2.05, 4.69) is 32.5 Å². The van der Waals surface area contributed by atoms with Crippen molar-refractivity contribution in [3.8, 4) is 0 Å². The third kappa shape index (κ3) is 2.05. The van der Waals surface area contributed by atoms with Crippen molar-refractivity contribution >= 4 is 35.1 Å². The van der Waals surface area contributed by atoms with Gasteiger partial charge in [0.15, 0.2) is 10.4 Å². The van der Waals surface area contributed by atoms with E-state index in [0.717, 1.165) is 27.8 Å². The first kappa shape index (κ1) is 13.2. The quantitative estimate of drug-likeness (QED) is 0.878. The van der Waals surface area contributed by atoms with Gasteiger partial charge in [0.2, 0.25) is 0 Å². The Morgan fingerprint density at radius 2 is 2.26 bits per heavy atom. The maximum absolute atomic E-state index is 5.54. The molecule has 0 radical (unpaired) electrons. The lowest BCUT2D eigenvalue weighted by Crippen LogP contribution is -2.10. The van der Waals surface area contributed by atoms with Crippen molar-refractivity contribution in [3.05, 3.63) is 10.5 Å². The van der Waals surface area contributed by atoms with Gasteiger partial charge in [-0.3, -0.25) is 4.57 Å². The van der Waals surface area contributed by atoms with Gasteiger partial charge in [0.25, 0.3) is 0 Å². The predicted molar refractivity (Wildman–Crippen MR) is 83.5 cm³/mol. The van der Waals surface area contributed by atoms with Crippen molar-refractivity contribution < 1.29 is 0 Å². The molecule has 1 saturated carbocycles. The lowest BCUT2D eigenvalue weighted by molar-refractivity contribution is 0.509. The Bertz CT molecular complexity index is 651. The van der Waals surface area contributed by atoms with Crippen LogP contribution in [0, 0.1) is 11.7 Å². The van der Waals surface area contributed by atoms with Crippen LogP contribution < -0.4 is 0 Å². The average Bonchev–Trinajstić information content (AvgIpc) is 3.05. The predicted octanol–water partition coefficient (Wildman–Crippen LogP) is 3.68. The summed E-state index contributed by atoms with van der Waals surface area (Å²) in [5.41, 5.74) is 3.33. The number of hydrogen-bond acceptors (Lipinski definition) is 3. The van der Waals surface area contributed by atoms with Crippen LogP contribution in [0.25, 0.3) is 11.2 Å². The van der Waals surface area contributed by atoms with E-state index in [9.17, 15) is 0 Å². The van der Waals surface area contributed by atoms with Gasteiger partial charge in [-0.2, -0.15) is 16.9 Å². The zero-order chi connectivity index (χ0) is 13.6. The van der Waals surface area contributed by atoms with E-state index in [1.54, 1.807) is 0 Å². The fraction of sp³-hybridized carbons (Fsp3) is 0.692. The van der Waals surface area contributed by atoms with Gasteiger partial charge in [-0.15, -0.1) is 0 Å². The molecule has 1 aliphatic rings. The van der Waals surface area contributed by atoms with Crippen LogP contribution in [0.2, 0.25) is 0 Å². The molecular formula is C13H20N4S2. The standard InChI is InChI=1S/C13H20N4S2/c1-4-16-12-11(8(2)15-16)14-13(18)17(12)9-5-6-10(7-9)19-3/h9-10H,4-7H2,1-3H3,(H,14,18). The topological polar surface area (TPSA) is 38.5 Å². The molecule has 2 aromatic rings. The summed E-state index contributed by atoms with van der Waals surface area (Å²) < 4.78 is 5.23. The largest absolute Gasteiger partial charge is 0.328 e. The van der Waals surface area contributed by atoms with Crippen molar-refractivity contribution in [2.24, 2.45) is 0 Å². The highest BCUT2D eigenvalue weighted by Crippen LogP contribution is 2.38. The number of thioether (sulfide) groups is 1. The summed E-state index contributed by atoms with van der Waals surface area (Å²) in [6, 6.07) is 0.528. The van der Waals surface area contributed by atoms with E-state index >= 15 is 0 Å². The van der Waals surface area contributed by atoms with Gasteiger partial charge in [-0.25, -0.2) is 4.68 Å². The van der Waals surface area contributed by atoms with Gasteiger partial charge in [-0.05, 0) is 51.6 Å². The summed E-state index contributed by atoms with van der Waals surface area (Å²) >= 11 is 7.52. The summed E-state index contributed by atoms with van der Waals surface area (Å²) in [4.78, 5) is 3.35. The first-order valence-corrected chi connectivity index (χ1v) is 8.55. The Hall–Kier alpha value is -0.750. The molecule has 104 valence electrons. The number of aromatic amines is 1. The van der Waals surface area contributed by atoms with Crippen LogP contribution in [0.15, 0.2) is 0 Å². The van der Waals surface area contributed by atoms with Crippen LogP contribution in [0.5, 0.6) is 0 Å². The molecular weight excluding hydrogens is 276 g/mol. The van der Waals surface area contributed by atoms with E-state index < -0.39 is 0 Å². The molecule has 0 spiro atoms. The first-order chi connectivity index (χ1) is 9.15. The molecule has 4 nitrogen and oxygen atoms in total. The van der Waals surface area contributed by atoms with Crippen molar-refractivity contribution in [1.29, 1.82) is 0 Å². The van der Waals surface area contributed by atoms with Crippen molar-refractivity contribution in [1.82, 2.24) is 19.3 Å². The molecule has 1 N–H and O–H groups in total. The molecule has 0 bridgehead atoms. The van der Waals surface area contributed by atoms with Gasteiger partial charge in [0.05, 0.1) is 5.69 Å². The molecule has 6 heteroatoms. The SMILES string of the molecule is CCn1nc(C)c2[nH]c(=S)n(C3CCC(SC)C3)c21. The summed E-state index contributed by atoms with van der Waals surface area (Å²) in [5, 5.41) is 5.37. The lowest BCUT2D eigenvalue weighted by Gasteiger charge is -2.14. The zero-order valence-corrected chi connectivity index (χ0v) is 13.3. The second kappa shape index (κ2) is 4.98. The van der Waals surface area contributed by atoms with E-state index in [-0.39, 0.29) is 0 Å². The first-order valence-electron chi connectivity index (χ1n) is 6.86. The molecule has 2 atom stereocenters. The van der Waals surface area contributed by atoms with Gasteiger partial charge in [0.1, 0.15) is 5.52 Å². The molecule has 2 heterocycles. The van der Waals surface area contributed by atoms with E-state index in [4.69, 9.17) is 12.2 Å². The molecule has 19 heavy (non-hydrogen) atoms. The van der Waals surface area contributed by atoms with E-state index in [0.29, 0.717) is 6.04 Å². The van der Waals surface area contributed by atoms with Crippen LogP contribution in [-0.2, 0) is 6.54 Å². The third-order valence-corrected chi connectivity index (χ3v) is 5.53. The zero-order valence-electron chi connectivity index (χ0n) is 11.6. The molecule has 1 aliphatic carbocycles. The number of nitrogens with zero attached hydrogens (tertiary/aromatic N) is 3. The summed E-state index contributed by atoms with van der Waals surface area (Å²) in [6.45, 7) is 5.06. The number of aryl methyl sites for hydroxylation is 2. The Morgan fingerprint density at radius 3 is 2.89 bits per heavy atom. The maximum Gasteiger partial charge on any atom is 0.179 e. The Kier molecular flexibility index (Phi) is 3.47. The fourth-order valence-electron chi connectivity index (χ4n) is 3.15. The molecule has 2 aromatic heterocycles. The highest BCUT2D eigenvalue weighted by atomic mass is 32.2. The lowest BCUT2D eigenvalue weighted by atomic mass is 10.2. The van der Waals surface area contributed by atoms with Crippen LogP contribution >= 0.6 is 24.0 Å². The minimum atomic E-state index is 0.528. The number of H-pyrrole nitrogens is 1. The number of nitrogens with one attached hydrogen (secondary N) is 1. The third-order valence-electron chi connectivity index (χ3n) is 4.13. The highest BCUT2D eigenvalue weighted by Gasteiger charge is 2.28. The van der Waals surface area contributed by atoms with Crippen molar-refractivity contribution in [2.75, 3.05) is 6.26 Å². The molecule has 2 unspecified atom stereocenters. The van der Waals surface area contributed by atoms with Crippen molar-refractivity contribution in [2.45, 2.75) is 50.9 Å². The average molecular weight is 296 g/mol. The van der Waals surface area contributed by atoms with Gasteiger partial charge in [0, 0.05) is 17.8 Å². The number of imidazole rings is 1. The number of fused-ring (bicyclic) bond motifs is 1. The highest BCUT2D eigenvalue weighted by molar-refractivity contribution is 7.99. The van der Waals surface area contributed by atoms with Gasteiger partial charge >= 0.3 is 0 Å². The Morgan fingerprint density at radius 1 is 1.47 bits per heavy atom. The Labute approximate surface area is 122 Å². The Balaban J connectivity index is 2.12. The summed E-state index contributed by atoms with van der Waals surface area (Å²) in [7, 11) is 0. The van der Waals surface area contributed by atoms with Crippen LogP contribution in [0.3, 0.4) is 0 Å². The fourth-order valence-corrected chi connectivity index (χ4v) is 4.27. The number of aromatic nitrogens is 4. The smallest absolute Gasteiger partial charge is 0.179 e. The molecule has 0 saturated heterocycles. The minimum Gasteiger partial charge on any atom is -0.328 e. The second-order valence-electron chi connectivity index (χ2n) is 5.22. The second-order valence-corrected chi connectivity index (χ2v) is 6.75. The molecule has 3 rings (SSSR count). The van der Waals surface area contributed by atoms with Crippen LogP contribution in [0.4, 0.5) is 0 Å². The van der Waals surface area contributed by atoms with E-state index in [1.165, 1.54) is 24.9 Å². The normalized spacial score (nSPS) is 23.5. The van der Waals surface area contributed by atoms with Gasteiger partial charge < -0.3 is 4.98 Å². The molecule has 0 amide bonds. The summed E-state index contributed by atoms with van der Waals surface area (Å²) in [6.07, 6.45) is 5.94. The van der Waals surface area contributed by atoms with Crippen LogP contribution in [-0.4, -0.2) is 30.8 Å². The molecule has 0 aliphatic heterocycles. The summed E-state index contributed by atoms with van der Waals surface area (Å²) in [5.74, 6) is 0. The molecule has 0 aromatic carbocycles. The monoisotopic (exact) mass is 296 g/mol. The van der Waals surface area contributed by atoms with Crippen LogP contribution in [0.1, 0.15) is 37.9 Å². The number of hydrogen-bond donors (Lipinski definition) is 1. The van der Waals surface area contributed by atoms with E-state index in [1.807, 2.05) is 18.7 Å². The molecule has 1 fully saturated rings. The number of rotatable bonds is 3. The van der Waals surface area contributed by atoms with Gasteiger partial charge in [-0.1, -0.05) is 0 Å². The van der Waals surface area contributed by atoms with Crippen molar-refractivity contribution in [3.63, 3.8) is 0 Å². The minimum absolute atomic E-state index is 0.528.